The van der Waals surface area contributed by atoms with Crippen molar-refractivity contribution < 1.29 is 5.11 Å². The van der Waals surface area contributed by atoms with Crippen LogP contribution in [0, 0.1) is 5.92 Å². The Kier molecular flexibility index (Phi) is 3.39. The lowest BCUT2D eigenvalue weighted by molar-refractivity contribution is -0.0113. The maximum absolute atomic E-state index is 10.5. The molecule has 1 fully saturated rings. The maximum atomic E-state index is 10.5. The second-order valence-corrected chi connectivity index (χ2v) is 6.20. The summed E-state index contributed by atoms with van der Waals surface area (Å²) in [7, 11) is 0. The van der Waals surface area contributed by atoms with E-state index in [1.807, 2.05) is 12.1 Å². The van der Waals surface area contributed by atoms with Gasteiger partial charge >= 0.3 is 0 Å². The SMILES string of the molecule is CCC1CCC(O)(c2ccc(Cl)s2)CC1. The minimum Gasteiger partial charge on any atom is -0.384 e. The summed E-state index contributed by atoms with van der Waals surface area (Å²) in [5, 5.41) is 10.5. The Hall–Kier alpha value is -0.0500. The van der Waals surface area contributed by atoms with Crippen molar-refractivity contribution in [3.63, 3.8) is 0 Å². The predicted octanol–water partition coefficient (Wildman–Crippen LogP) is 4.19. The fourth-order valence-electron chi connectivity index (χ4n) is 2.37. The Morgan fingerprint density at radius 1 is 1.47 bits per heavy atom. The Bertz CT molecular complexity index is 326. The van der Waals surface area contributed by atoms with Crippen LogP contribution in [0.3, 0.4) is 0 Å². The molecule has 0 spiro atoms. The van der Waals surface area contributed by atoms with E-state index < -0.39 is 5.60 Å². The van der Waals surface area contributed by atoms with Crippen LogP contribution < -0.4 is 0 Å². The summed E-state index contributed by atoms with van der Waals surface area (Å²) in [6, 6.07) is 3.85. The molecule has 1 N–H and O–H groups in total. The van der Waals surface area contributed by atoms with Crippen molar-refractivity contribution in [1.82, 2.24) is 0 Å². The molecule has 1 aromatic heterocycles. The summed E-state index contributed by atoms with van der Waals surface area (Å²) in [6.45, 7) is 2.23. The van der Waals surface area contributed by atoms with Gasteiger partial charge < -0.3 is 5.11 Å². The number of aliphatic hydroxyl groups is 1. The Morgan fingerprint density at radius 3 is 2.60 bits per heavy atom. The highest BCUT2D eigenvalue weighted by Gasteiger charge is 2.35. The van der Waals surface area contributed by atoms with Gasteiger partial charge in [0.2, 0.25) is 0 Å². The van der Waals surface area contributed by atoms with Gasteiger partial charge in [0.25, 0.3) is 0 Å². The first-order valence-electron chi connectivity index (χ1n) is 5.62. The average Bonchev–Trinajstić information content (AvgIpc) is 2.67. The van der Waals surface area contributed by atoms with Crippen LogP contribution in [-0.4, -0.2) is 5.11 Å². The minimum atomic E-state index is -0.594. The number of hydrogen-bond acceptors (Lipinski definition) is 2. The molecule has 0 radical (unpaired) electrons. The third-order valence-electron chi connectivity index (χ3n) is 3.54. The molecule has 84 valence electrons. The van der Waals surface area contributed by atoms with E-state index in [9.17, 15) is 5.11 Å². The van der Waals surface area contributed by atoms with Crippen molar-refractivity contribution in [3.05, 3.63) is 21.3 Å². The summed E-state index contributed by atoms with van der Waals surface area (Å²) < 4.78 is 0.774. The smallest absolute Gasteiger partial charge is 0.0988 e. The van der Waals surface area contributed by atoms with Gasteiger partial charge in [0, 0.05) is 4.88 Å². The first-order valence-corrected chi connectivity index (χ1v) is 6.81. The molecule has 0 amide bonds. The zero-order valence-electron chi connectivity index (χ0n) is 9.00. The lowest BCUT2D eigenvalue weighted by Gasteiger charge is -2.35. The van der Waals surface area contributed by atoms with Gasteiger partial charge in [-0.25, -0.2) is 0 Å². The zero-order valence-corrected chi connectivity index (χ0v) is 10.6. The predicted molar refractivity (Wildman–Crippen MR) is 65.5 cm³/mol. The van der Waals surface area contributed by atoms with E-state index in [2.05, 4.69) is 6.92 Å². The Labute approximate surface area is 100 Å². The molecule has 3 heteroatoms. The third kappa shape index (κ3) is 2.38. The standard InChI is InChI=1S/C12H17ClOS/c1-2-9-5-7-12(14,8-6-9)10-3-4-11(13)15-10/h3-4,9,14H,2,5-8H2,1H3. The monoisotopic (exact) mass is 244 g/mol. The molecule has 1 aliphatic carbocycles. The van der Waals surface area contributed by atoms with Crippen LogP contribution in [0.2, 0.25) is 4.34 Å². The van der Waals surface area contributed by atoms with Gasteiger partial charge in [-0.3, -0.25) is 0 Å². The molecule has 0 aliphatic heterocycles. The Balaban J connectivity index is 2.09. The molecule has 1 aromatic rings. The van der Waals surface area contributed by atoms with E-state index in [4.69, 9.17) is 11.6 Å². The minimum absolute atomic E-state index is 0.594. The fraction of sp³-hybridized carbons (Fsp3) is 0.667. The van der Waals surface area contributed by atoms with E-state index in [0.29, 0.717) is 0 Å². The van der Waals surface area contributed by atoms with Crippen LogP contribution >= 0.6 is 22.9 Å². The summed E-state index contributed by atoms with van der Waals surface area (Å²) in [6.07, 6.45) is 5.30. The number of hydrogen-bond donors (Lipinski definition) is 1. The van der Waals surface area contributed by atoms with E-state index in [-0.39, 0.29) is 0 Å². The molecule has 2 rings (SSSR count). The van der Waals surface area contributed by atoms with Crippen molar-refractivity contribution in [2.45, 2.75) is 44.6 Å². The van der Waals surface area contributed by atoms with E-state index in [0.717, 1.165) is 40.8 Å². The lowest BCUT2D eigenvalue weighted by Crippen LogP contribution is -2.30. The normalized spacial score (nSPS) is 31.8. The molecule has 0 bridgehead atoms. The van der Waals surface area contributed by atoms with Crippen molar-refractivity contribution in [1.29, 1.82) is 0 Å². The quantitative estimate of drug-likeness (QED) is 0.827. The molecular formula is C12H17ClOS. The molecule has 1 nitrogen and oxygen atoms in total. The summed E-state index contributed by atoms with van der Waals surface area (Å²) in [5.74, 6) is 0.806. The Morgan fingerprint density at radius 2 is 2.13 bits per heavy atom. The van der Waals surface area contributed by atoms with Crippen molar-refractivity contribution in [2.75, 3.05) is 0 Å². The van der Waals surface area contributed by atoms with Crippen LogP contribution in [0.25, 0.3) is 0 Å². The van der Waals surface area contributed by atoms with E-state index >= 15 is 0 Å². The molecule has 0 aromatic carbocycles. The van der Waals surface area contributed by atoms with Crippen molar-refractivity contribution >= 4 is 22.9 Å². The molecule has 1 saturated carbocycles. The highest BCUT2D eigenvalue weighted by Crippen LogP contribution is 2.43. The maximum Gasteiger partial charge on any atom is 0.0988 e. The molecule has 0 atom stereocenters. The first-order chi connectivity index (χ1) is 7.14. The topological polar surface area (TPSA) is 20.2 Å². The van der Waals surface area contributed by atoms with Crippen LogP contribution in [0.5, 0.6) is 0 Å². The zero-order chi connectivity index (χ0) is 10.9. The van der Waals surface area contributed by atoms with E-state index in [1.165, 1.54) is 17.8 Å². The fourth-order valence-corrected chi connectivity index (χ4v) is 3.56. The number of rotatable bonds is 2. The van der Waals surface area contributed by atoms with Crippen LogP contribution in [0.1, 0.15) is 43.9 Å². The molecule has 1 aliphatic rings. The van der Waals surface area contributed by atoms with Crippen LogP contribution in [-0.2, 0) is 5.60 Å². The summed E-state index contributed by atoms with van der Waals surface area (Å²) in [5.41, 5.74) is -0.594. The number of halogens is 1. The highest BCUT2D eigenvalue weighted by atomic mass is 35.5. The van der Waals surface area contributed by atoms with Gasteiger partial charge in [0.05, 0.1) is 9.94 Å². The van der Waals surface area contributed by atoms with E-state index in [1.54, 1.807) is 0 Å². The number of thiophene rings is 1. The van der Waals surface area contributed by atoms with Crippen LogP contribution in [0.15, 0.2) is 12.1 Å². The van der Waals surface area contributed by atoms with Gasteiger partial charge in [-0.15, -0.1) is 11.3 Å². The molecule has 0 saturated heterocycles. The second kappa shape index (κ2) is 4.44. The first kappa shape index (κ1) is 11.4. The highest BCUT2D eigenvalue weighted by molar-refractivity contribution is 7.16. The molecular weight excluding hydrogens is 228 g/mol. The largest absolute Gasteiger partial charge is 0.384 e. The third-order valence-corrected chi connectivity index (χ3v) is 4.97. The average molecular weight is 245 g/mol. The lowest BCUT2D eigenvalue weighted by atomic mass is 9.77. The van der Waals surface area contributed by atoms with Gasteiger partial charge in [0.1, 0.15) is 0 Å². The van der Waals surface area contributed by atoms with Gasteiger partial charge in [0.15, 0.2) is 0 Å². The molecule has 1 heterocycles. The second-order valence-electron chi connectivity index (χ2n) is 4.49. The summed E-state index contributed by atoms with van der Waals surface area (Å²) >= 11 is 7.42. The van der Waals surface area contributed by atoms with Crippen LogP contribution in [0.4, 0.5) is 0 Å². The molecule has 15 heavy (non-hydrogen) atoms. The molecule has 0 unspecified atom stereocenters. The summed E-state index contributed by atoms with van der Waals surface area (Å²) in [4.78, 5) is 1.04. The van der Waals surface area contributed by atoms with Gasteiger partial charge in [-0.1, -0.05) is 24.9 Å². The van der Waals surface area contributed by atoms with Gasteiger partial charge in [-0.05, 0) is 43.7 Å². The van der Waals surface area contributed by atoms with Crippen molar-refractivity contribution in [2.24, 2.45) is 5.92 Å². The van der Waals surface area contributed by atoms with Crippen molar-refractivity contribution in [3.8, 4) is 0 Å². The van der Waals surface area contributed by atoms with Gasteiger partial charge in [-0.2, -0.15) is 0 Å².